The number of hydrogen-bond acceptors (Lipinski definition) is 4. The smallest absolute Gasteiger partial charge is 0.376 e. The zero-order valence-electron chi connectivity index (χ0n) is 5.27. The summed E-state index contributed by atoms with van der Waals surface area (Å²) >= 11 is 0. The molecule has 1 aromatic rings. The molecule has 0 radical (unpaired) electrons. The number of aliphatic hydroxyl groups is 1. The number of rotatable bonds is 1. The molecule has 0 saturated carbocycles. The molecule has 0 aliphatic carbocycles. The van der Waals surface area contributed by atoms with E-state index in [-0.39, 0.29) is 0 Å². The molecule has 0 bridgehead atoms. The Hall–Kier alpha value is -1.30. The highest BCUT2D eigenvalue weighted by Crippen LogP contribution is 1.67. The lowest BCUT2D eigenvalue weighted by molar-refractivity contribution is 0.195. The SMILES string of the molecule is Cn1oc(=O)n(CO)c1=O. The Morgan fingerprint density at radius 1 is 1.60 bits per heavy atom. The largest absolute Gasteiger partial charge is 0.444 e. The summed E-state index contributed by atoms with van der Waals surface area (Å²) in [4.78, 5) is 21.2. The van der Waals surface area contributed by atoms with E-state index in [1.807, 2.05) is 0 Å². The molecule has 0 aliphatic heterocycles. The van der Waals surface area contributed by atoms with Crippen molar-refractivity contribution in [2.24, 2.45) is 7.05 Å². The van der Waals surface area contributed by atoms with Crippen molar-refractivity contribution in [3.05, 3.63) is 21.0 Å². The van der Waals surface area contributed by atoms with Crippen LogP contribution in [0.25, 0.3) is 0 Å². The molecule has 6 heteroatoms. The summed E-state index contributed by atoms with van der Waals surface area (Å²) in [5.74, 6) is -0.852. The molecular formula is C4H6N2O4. The third kappa shape index (κ3) is 0.781. The Morgan fingerprint density at radius 2 is 2.20 bits per heavy atom. The first-order chi connectivity index (χ1) is 4.66. The molecule has 10 heavy (non-hydrogen) atoms. The fourth-order valence-corrected chi connectivity index (χ4v) is 0.572. The van der Waals surface area contributed by atoms with E-state index in [2.05, 4.69) is 4.52 Å². The van der Waals surface area contributed by atoms with Gasteiger partial charge in [-0.3, -0.25) is 0 Å². The molecule has 1 N–H and O–H groups in total. The lowest BCUT2D eigenvalue weighted by atomic mass is 11.0. The zero-order chi connectivity index (χ0) is 7.72. The average Bonchev–Trinajstić information content (AvgIpc) is 2.09. The van der Waals surface area contributed by atoms with Crippen LogP contribution in [0.2, 0.25) is 0 Å². The monoisotopic (exact) mass is 146 g/mol. The van der Waals surface area contributed by atoms with Gasteiger partial charge in [0.05, 0.1) is 7.05 Å². The van der Waals surface area contributed by atoms with E-state index >= 15 is 0 Å². The molecule has 0 atom stereocenters. The van der Waals surface area contributed by atoms with Crippen LogP contribution in [0.5, 0.6) is 0 Å². The normalized spacial score (nSPS) is 10.2. The predicted molar refractivity (Wildman–Crippen MR) is 30.4 cm³/mol. The third-order valence-corrected chi connectivity index (χ3v) is 1.08. The van der Waals surface area contributed by atoms with Gasteiger partial charge in [0.15, 0.2) is 0 Å². The molecule has 0 saturated heterocycles. The second kappa shape index (κ2) is 2.14. The lowest BCUT2D eigenvalue weighted by Crippen LogP contribution is -2.27. The second-order valence-corrected chi connectivity index (χ2v) is 1.71. The minimum atomic E-state index is -0.852. The van der Waals surface area contributed by atoms with Gasteiger partial charge in [-0.1, -0.05) is 0 Å². The number of aryl methyl sites for hydroxylation is 1. The Kier molecular flexibility index (Phi) is 1.46. The highest BCUT2D eigenvalue weighted by molar-refractivity contribution is 4.60. The van der Waals surface area contributed by atoms with Gasteiger partial charge in [0.25, 0.3) is 0 Å². The van der Waals surface area contributed by atoms with Gasteiger partial charge in [0.2, 0.25) is 0 Å². The van der Waals surface area contributed by atoms with Gasteiger partial charge in [-0.05, 0) is 0 Å². The van der Waals surface area contributed by atoms with E-state index in [1.165, 1.54) is 7.05 Å². The summed E-state index contributed by atoms with van der Waals surface area (Å²) < 4.78 is 5.61. The lowest BCUT2D eigenvalue weighted by Gasteiger charge is -1.83. The Morgan fingerprint density at radius 3 is 2.40 bits per heavy atom. The Labute approximate surface area is 54.9 Å². The van der Waals surface area contributed by atoms with Gasteiger partial charge < -0.3 is 9.63 Å². The van der Waals surface area contributed by atoms with Crippen molar-refractivity contribution in [2.75, 3.05) is 0 Å². The number of aromatic nitrogens is 2. The van der Waals surface area contributed by atoms with E-state index in [1.54, 1.807) is 0 Å². The number of aliphatic hydroxyl groups excluding tert-OH is 1. The predicted octanol–water partition coefficient (Wildman–Crippen LogP) is -1.91. The van der Waals surface area contributed by atoms with Crippen molar-refractivity contribution in [1.82, 2.24) is 9.31 Å². The zero-order valence-corrected chi connectivity index (χ0v) is 5.27. The minimum Gasteiger partial charge on any atom is -0.376 e. The minimum absolute atomic E-state index is 0.569. The van der Waals surface area contributed by atoms with E-state index in [0.29, 0.717) is 4.57 Å². The summed E-state index contributed by atoms with van der Waals surface area (Å²) in [7, 11) is 1.29. The molecule has 0 amide bonds. The molecule has 0 aromatic carbocycles. The van der Waals surface area contributed by atoms with Gasteiger partial charge in [0.1, 0.15) is 6.73 Å². The maximum Gasteiger partial charge on any atom is 0.444 e. The molecule has 1 rings (SSSR count). The average molecular weight is 146 g/mol. The van der Waals surface area contributed by atoms with Gasteiger partial charge in [-0.15, -0.1) is 0 Å². The van der Waals surface area contributed by atoms with Gasteiger partial charge in [-0.25, -0.2) is 14.2 Å². The molecule has 0 aliphatic rings. The first-order valence-corrected chi connectivity index (χ1v) is 2.55. The van der Waals surface area contributed by atoms with Crippen LogP contribution in [-0.2, 0) is 13.8 Å². The summed E-state index contributed by atoms with van der Waals surface area (Å²) in [6.07, 6.45) is 0. The maximum atomic E-state index is 10.7. The van der Waals surface area contributed by atoms with Crippen molar-refractivity contribution in [3.8, 4) is 0 Å². The van der Waals surface area contributed by atoms with Crippen molar-refractivity contribution < 1.29 is 9.63 Å². The highest BCUT2D eigenvalue weighted by Gasteiger charge is 2.05. The molecule has 56 valence electrons. The van der Waals surface area contributed by atoms with Crippen LogP contribution >= 0.6 is 0 Å². The van der Waals surface area contributed by atoms with E-state index < -0.39 is 18.2 Å². The van der Waals surface area contributed by atoms with E-state index in [9.17, 15) is 9.59 Å². The molecule has 1 heterocycles. The van der Waals surface area contributed by atoms with Crippen molar-refractivity contribution in [3.63, 3.8) is 0 Å². The van der Waals surface area contributed by atoms with Gasteiger partial charge in [-0.2, -0.15) is 4.74 Å². The van der Waals surface area contributed by atoms with Crippen molar-refractivity contribution in [2.45, 2.75) is 6.73 Å². The second-order valence-electron chi connectivity index (χ2n) is 1.71. The van der Waals surface area contributed by atoms with E-state index in [0.717, 1.165) is 4.74 Å². The van der Waals surface area contributed by atoms with Crippen LogP contribution < -0.4 is 11.4 Å². The first-order valence-electron chi connectivity index (χ1n) is 2.55. The molecule has 0 fully saturated rings. The summed E-state index contributed by atoms with van der Waals surface area (Å²) in [6, 6.07) is 0. The highest BCUT2D eigenvalue weighted by atomic mass is 16.5. The molecular weight excluding hydrogens is 140 g/mol. The van der Waals surface area contributed by atoms with Crippen LogP contribution in [0.1, 0.15) is 0 Å². The van der Waals surface area contributed by atoms with Crippen LogP contribution in [0.15, 0.2) is 14.1 Å². The molecule has 0 unspecified atom stereocenters. The summed E-state index contributed by atoms with van der Waals surface area (Å²) in [6.45, 7) is -0.651. The summed E-state index contributed by atoms with van der Waals surface area (Å²) in [5, 5.41) is 8.40. The Balaban J connectivity index is 3.49. The standard InChI is InChI=1S/C4H6N2O4/c1-5-3(8)6(2-7)4(9)10-5/h7H,2H2,1H3. The molecule has 1 aromatic heterocycles. The van der Waals surface area contributed by atoms with Crippen LogP contribution in [0.3, 0.4) is 0 Å². The first kappa shape index (κ1) is 6.81. The number of hydrogen-bond donors (Lipinski definition) is 1. The number of nitrogens with zero attached hydrogens (tertiary/aromatic N) is 2. The fourth-order valence-electron chi connectivity index (χ4n) is 0.572. The van der Waals surface area contributed by atoms with Crippen molar-refractivity contribution in [1.29, 1.82) is 0 Å². The van der Waals surface area contributed by atoms with Crippen LogP contribution in [-0.4, -0.2) is 14.4 Å². The summed E-state index contributed by atoms with van der Waals surface area (Å²) in [5.41, 5.74) is -0.660. The van der Waals surface area contributed by atoms with Crippen LogP contribution in [0.4, 0.5) is 0 Å². The topological polar surface area (TPSA) is 77.4 Å². The molecule has 0 spiro atoms. The van der Waals surface area contributed by atoms with E-state index in [4.69, 9.17) is 5.11 Å². The quantitative estimate of drug-likeness (QED) is 0.501. The van der Waals surface area contributed by atoms with Crippen molar-refractivity contribution >= 4 is 0 Å². The molecule has 6 nitrogen and oxygen atoms in total. The van der Waals surface area contributed by atoms with Crippen LogP contribution in [0, 0.1) is 0 Å². The van der Waals surface area contributed by atoms with Gasteiger partial charge >= 0.3 is 11.4 Å². The Bertz CT molecular complexity index is 330. The fraction of sp³-hybridized carbons (Fsp3) is 0.500. The maximum absolute atomic E-state index is 10.7. The third-order valence-electron chi connectivity index (χ3n) is 1.08. The van der Waals surface area contributed by atoms with Gasteiger partial charge in [0, 0.05) is 0 Å².